The third-order valence-electron chi connectivity index (χ3n) is 2.78. The molecule has 0 aliphatic heterocycles. The van der Waals surface area contributed by atoms with Crippen molar-refractivity contribution in [2.45, 2.75) is 6.43 Å². The molecule has 0 bridgehead atoms. The summed E-state index contributed by atoms with van der Waals surface area (Å²) in [4.78, 5) is 13.7. The summed E-state index contributed by atoms with van der Waals surface area (Å²) in [5.41, 5.74) is 1.03. The van der Waals surface area contributed by atoms with Crippen LogP contribution in [0.2, 0.25) is 0 Å². The minimum Gasteiger partial charge on any atom is -0.478 e. The minimum atomic E-state index is -2.45. The third-order valence-corrected chi connectivity index (χ3v) is 2.78. The van der Waals surface area contributed by atoms with E-state index in [0.717, 1.165) is 10.9 Å². The maximum absolute atomic E-state index is 11.7. The SMILES string of the molecule is Cl.Cn1ccc(C(F)F)n1.O=C(O)c1cccc2[nH]ccc12. The van der Waals surface area contributed by atoms with Gasteiger partial charge in [-0.25, -0.2) is 13.6 Å². The number of aromatic amines is 1. The molecule has 3 rings (SSSR count). The van der Waals surface area contributed by atoms with Crippen molar-refractivity contribution in [2.24, 2.45) is 7.05 Å². The van der Waals surface area contributed by atoms with Gasteiger partial charge in [0.05, 0.1) is 5.56 Å². The van der Waals surface area contributed by atoms with Crippen LogP contribution in [-0.2, 0) is 7.05 Å². The lowest BCUT2D eigenvalue weighted by molar-refractivity contribution is 0.0699. The van der Waals surface area contributed by atoms with Gasteiger partial charge in [0.25, 0.3) is 6.43 Å². The Hall–Kier alpha value is -2.41. The number of hydrogen-bond donors (Lipinski definition) is 2. The summed E-state index contributed by atoms with van der Waals surface area (Å²) in [5.74, 6) is -0.889. The quantitative estimate of drug-likeness (QED) is 0.754. The number of halogens is 3. The fourth-order valence-electron chi connectivity index (χ4n) is 1.82. The van der Waals surface area contributed by atoms with Crippen LogP contribution in [0.25, 0.3) is 10.9 Å². The number of nitrogens with zero attached hydrogens (tertiary/aromatic N) is 2. The molecule has 118 valence electrons. The molecule has 3 aromatic rings. The zero-order valence-corrected chi connectivity index (χ0v) is 12.3. The van der Waals surface area contributed by atoms with Crippen molar-refractivity contribution < 1.29 is 18.7 Å². The number of aromatic carboxylic acids is 1. The lowest BCUT2D eigenvalue weighted by Gasteiger charge is -1.94. The molecular weight excluding hydrogens is 316 g/mol. The molecule has 0 amide bonds. The van der Waals surface area contributed by atoms with E-state index in [1.165, 1.54) is 16.9 Å². The highest BCUT2D eigenvalue weighted by Crippen LogP contribution is 2.16. The number of hydrogen-bond acceptors (Lipinski definition) is 2. The van der Waals surface area contributed by atoms with Crippen molar-refractivity contribution in [1.29, 1.82) is 0 Å². The Morgan fingerprint density at radius 2 is 2.05 bits per heavy atom. The van der Waals surface area contributed by atoms with Gasteiger partial charge in [-0.2, -0.15) is 5.10 Å². The number of aryl methyl sites for hydroxylation is 1. The van der Waals surface area contributed by atoms with Gasteiger partial charge in [0, 0.05) is 30.3 Å². The highest BCUT2D eigenvalue weighted by atomic mass is 35.5. The minimum absolute atomic E-state index is 0. The molecule has 0 aliphatic carbocycles. The number of nitrogens with one attached hydrogen (secondary N) is 1. The second-order valence-electron chi connectivity index (χ2n) is 4.26. The maximum Gasteiger partial charge on any atom is 0.336 e. The molecule has 0 spiro atoms. The van der Waals surface area contributed by atoms with Crippen LogP contribution in [0, 0.1) is 0 Å². The van der Waals surface area contributed by atoms with Crippen LogP contribution in [0.15, 0.2) is 42.7 Å². The van der Waals surface area contributed by atoms with Crippen molar-refractivity contribution in [3.63, 3.8) is 0 Å². The molecule has 2 heterocycles. The van der Waals surface area contributed by atoms with Gasteiger partial charge in [0.1, 0.15) is 5.69 Å². The summed E-state index contributed by atoms with van der Waals surface area (Å²) < 4.78 is 24.8. The fourth-order valence-corrected chi connectivity index (χ4v) is 1.82. The Labute approximate surface area is 131 Å². The van der Waals surface area contributed by atoms with E-state index in [9.17, 15) is 13.6 Å². The Morgan fingerprint density at radius 3 is 2.55 bits per heavy atom. The summed E-state index contributed by atoms with van der Waals surface area (Å²) in [6.45, 7) is 0. The molecule has 2 aromatic heterocycles. The van der Waals surface area contributed by atoms with E-state index >= 15 is 0 Å². The van der Waals surface area contributed by atoms with Crippen LogP contribution in [0.5, 0.6) is 0 Å². The molecule has 0 radical (unpaired) electrons. The molecule has 0 unspecified atom stereocenters. The van der Waals surface area contributed by atoms with Gasteiger partial charge in [0.15, 0.2) is 0 Å². The summed E-state index contributed by atoms with van der Waals surface area (Å²) >= 11 is 0. The van der Waals surface area contributed by atoms with E-state index in [1.54, 1.807) is 31.4 Å². The van der Waals surface area contributed by atoms with Crippen LogP contribution in [0.4, 0.5) is 8.78 Å². The van der Waals surface area contributed by atoms with Crippen LogP contribution in [-0.4, -0.2) is 25.8 Å². The number of aromatic nitrogens is 3. The number of rotatable bonds is 2. The standard InChI is InChI=1S/C9H7NO2.C5H6F2N2.ClH/c11-9(12)7-2-1-3-8-6(7)4-5-10-8;1-9-3-2-4(8-9)5(6)7;/h1-5,10H,(H,11,12);2-3,5H,1H3;1H. The molecule has 22 heavy (non-hydrogen) atoms. The van der Waals surface area contributed by atoms with E-state index < -0.39 is 12.4 Å². The number of benzene rings is 1. The number of fused-ring (bicyclic) bond motifs is 1. The first-order chi connectivity index (χ1) is 9.99. The van der Waals surface area contributed by atoms with Crippen LogP contribution < -0.4 is 0 Å². The summed E-state index contributed by atoms with van der Waals surface area (Å²) in [5, 5.41) is 13.0. The second-order valence-corrected chi connectivity index (χ2v) is 4.26. The van der Waals surface area contributed by atoms with Crippen molar-refractivity contribution in [2.75, 3.05) is 0 Å². The average Bonchev–Trinajstić information content (AvgIpc) is 3.06. The van der Waals surface area contributed by atoms with Crippen LogP contribution in [0.3, 0.4) is 0 Å². The summed E-state index contributed by atoms with van der Waals surface area (Å²) in [6, 6.07) is 8.23. The largest absolute Gasteiger partial charge is 0.478 e. The molecule has 5 nitrogen and oxygen atoms in total. The van der Waals surface area contributed by atoms with Crippen LogP contribution >= 0.6 is 12.4 Å². The number of carboxylic acids is 1. The number of H-pyrrole nitrogens is 1. The van der Waals surface area contributed by atoms with Gasteiger partial charge in [-0.3, -0.25) is 4.68 Å². The molecule has 2 N–H and O–H groups in total. The van der Waals surface area contributed by atoms with E-state index in [2.05, 4.69) is 10.1 Å². The average molecular weight is 330 g/mol. The topological polar surface area (TPSA) is 70.9 Å². The van der Waals surface area contributed by atoms with E-state index in [1.807, 2.05) is 6.07 Å². The third kappa shape index (κ3) is 4.05. The monoisotopic (exact) mass is 329 g/mol. The van der Waals surface area contributed by atoms with Crippen molar-refractivity contribution in [3.8, 4) is 0 Å². The molecule has 1 aromatic carbocycles. The Bertz CT molecular complexity index is 755. The molecule has 0 atom stereocenters. The molecule has 0 saturated carbocycles. The van der Waals surface area contributed by atoms with Crippen molar-refractivity contribution in [1.82, 2.24) is 14.8 Å². The van der Waals surface area contributed by atoms with Gasteiger partial charge in [0.2, 0.25) is 0 Å². The first-order valence-corrected chi connectivity index (χ1v) is 6.06. The summed E-state index contributed by atoms with van der Waals surface area (Å²) in [6.07, 6.45) is 0.768. The Kier molecular flexibility index (Phi) is 6.06. The first kappa shape index (κ1) is 17.6. The number of carboxylic acid groups (broad SMARTS) is 1. The molecule has 8 heteroatoms. The van der Waals surface area contributed by atoms with Gasteiger partial charge in [-0.05, 0) is 24.3 Å². The fraction of sp³-hybridized carbons (Fsp3) is 0.143. The van der Waals surface area contributed by atoms with Gasteiger partial charge < -0.3 is 10.1 Å². The van der Waals surface area contributed by atoms with Gasteiger partial charge in [-0.1, -0.05) is 6.07 Å². The maximum atomic E-state index is 11.7. The predicted octanol–water partition coefficient (Wildman–Crippen LogP) is 3.65. The Balaban J connectivity index is 0.000000219. The molecule has 0 saturated heterocycles. The summed E-state index contributed by atoms with van der Waals surface area (Å²) in [7, 11) is 1.60. The zero-order valence-electron chi connectivity index (χ0n) is 11.5. The highest BCUT2D eigenvalue weighted by Gasteiger charge is 2.08. The lowest BCUT2D eigenvalue weighted by atomic mass is 10.1. The Morgan fingerprint density at radius 1 is 1.32 bits per heavy atom. The van der Waals surface area contributed by atoms with Crippen molar-refractivity contribution >= 4 is 29.3 Å². The van der Waals surface area contributed by atoms with E-state index in [4.69, 9.17) is 5.11 Å². The smallest absolute Gasteiger partial charge is 0.336 e. The highest BCUT2D eigenvalue weighted by molar-refractivity contribution is 6.02. The number of carbonyl (C=O) groups is 1. The van der Waals surface area contributed by atoms with Crippen molar-refractivity contribution in [3.05, 3.63) is 54.0 Å². The normalized spacial score (nSPS) is 10.0. The number of alkyl halides is 2. The van der Waals surface area contributed by atoms with E-state index in [0.29, 0.717) is 5.56 Å². The van der Waals surface area contributed by atoms with Gasteiger partial charge >= 0.3 is 5.97 Å². The molecular formula is C14H14ClF2N3O2. The van der Waals surface area contributed by atoms with Gasteiger partial charge in [-0.15, -0.1) is 12.4 Å². The predicted molar refractivity (Wildman–Crippen MR) is 80.7 cm³/mol. The molecule has 0 fully saturated rings. The van der Waals surface area contributed by atoms with E-state index in [-0.39, 0.29) is 18.1 Å². The molecule has 0 aliphatic rings. The second kappa shape index (κ2) is 7.56. The van der Waals surface area contributed by atoms with Crippen LogP contribution in [0.1, 0.15) is 22.5 Å². The lowest BCUT2D eigenvalue weighted by Crippen LogP contribution is -1.95. The zero-order chi connectivity index (χ0) is 15.4. The first-order valence-electron chi connectivity index (χ1n) is 6.06.